The lowest BCUT2D eigenvalue weighted by atomic mass is 10.0. The van der Waals surface area contributed by atoms with Gasteiger partial charge in [-0.15, -0.1) is 17.8 Å². The molecular formula is C15H17N3S. The summed E-state index contributed by atoms with van der Waals surface area (Å²) in [6, 6.07) is 6.96. The Bertz CT molecular complexity index is 591. The van der Waals surface area contributed by atoms with Crippen molar-refractivity contribution in [3.63, 3.8) is 0 Å². The molecule has 0 amide bonds. The Morgan fingerprint density at radius 1 is 1.42 bits per heavy atom. The van der Waals surface area contributed by atoms with Gasteiger partial charge in [0.2, 0.25) is 0 Å². The van der Waals surface area contributed by atoms with E-state index in [0.717, 1.165) is 38.0 Å². The lowest BCUT2D eigenvalue weighted by Gasteiger charge is -2.31. The van der Waals surface area contributed by atoms with E-state index in [9.17, 15) is 0 Å². The van der Waals surface area contributed by atoms with Crippen molar-refractivity contribution in [3.05, 3.63) is 23.7 Å². The number of hydrogen-bond acceptors (Lipinski definition) is 4. The SMILES string of the molecule is C#CCN1CCC(Nc2ccc3ncsc3c2)CC1. The van der Waals surface area contributed by atoms with Gasteiger partial charge in [-0.3, -0.25) is 4.90 Å². The average Bonchev–Trinajstić information content (AvgIpc) is 2.89. The maximum atomic E-state index is 5.35. The Morgan fingerprint density at radius 2 is 2.26 bits per heavy atom. The van der Waals surface area contributed by atoms with E-state index in [1.165, 1.54) is 10.4 Å². The Labute approximate surface area is 117 Å². The molecule has 1 aromatic carbocycles. The molecule has 98 valence electrons. The first-order valence-corrected chi connectivity index (χ1v) is 7.49. The highest BCUT2D eigenvalue weighted by molar-refractivity contribution is 7.16. The first-order chi connectivity index (χ1) is 9.35. The largest absolute Gasteiger partial charge is 0.382 e. The van der Waals surface area contributed by atoms with Crippen LogP contribution in [0.1, 0.15) is 12.8 Å². The van der Waals surface area contributed by atoms with Crippen LogP contribution in [0.5, 0.6) is 0 Å². The molecule has 4 heteroatoms. The zero-order chi connectivity index (χ0) is 13.1. The second-order valence-electron chi connectivity index (χ2n) is 4.93. The van der Waals surface area contributed by atoms with E-state index in [2.05, 4.69) is 39.3 Å². The van der Waals surface area contributed by atoms with Crippen LogP contribution in [0.25, 0.3) is 10.2 Å². The van der Waals surface area contributed by atoms with Crippen LogP contribution in [0.4, 0.5) is 5.69 Å². The number of hydrogen-bond donors (Lipinski definition) is 1. The minimum absolute atomic E-state index is 0.555. The molecule has 3 nitrogen and oxygen atoms in total. The van der Waals surface area contributed by atoms with Crippen LogP contribution in [-0.4, -0.2) is 35.6 Å². The van der Waals surface area contributed by atoms with E-state index in [4.69, 9.17) is 6.42 Å². The fourth-order valence-corrected chi connectivity index (χ4v) is 3.26. The molecular weight excluding hydrogens is 254 g/mol. The van der Waals surface area contributed by atoms with Crippen LogP contribution in [0.3, 0.4) is 0 Å². The van der Waals surface area contributed by atoms with Crippen molar-refractivity contribution in [2.75, 3.05) is 25.0 Å². The summed E-state index contributed by atoms with van der Waals surface area (Å²) >= 11 is 1.69. The summed E-state index contributed by atoms with van der Waals surface area (Å²) in [6.07, 6.45) is 7.66. The van der Waals surface area contributed by atoms with Gasteiger partial charge in [-0.25, -0.2) is 4.98 Å². The van der Waals surface area contributed by atoms with Crippen molar-refractivity contribution in [1.29, 1.82) is 0 Å². The van der Waals surface area contributed by atoms with Gasteiger partial charge in [0, 0.05) is 24.8 Å². The molecule has 0 saturated carbocycles. The molecule has 3 rings (SSSR count). The Hall–Kier alpha value is -1.57. The molecule has 1 aromatic heterocycles. The lowest BCUT2D eigenvalue weighted by molar-refractivity contribution is 0.243. The Morgan fingerprint density at radius 3 is 3.05 bits per heavy atom. The molecule has 2 aromatic rings. The summed E-state index contributed by atoms with van der Waals surface area (Å²) in [6.45, 7) is 2.95. The topological polar surface area (TPSA) is 28.2 Å². The zero-order valence-electron chi connectivity index (χ0n) is 10.8. The molecule has 1 aliphatic rings. The van der Waals surface area contributed by atoms with Crippen molar-refractivity contribution in [1.82, 2.24) is 9.88 Å². The molecule has 0 bridgehead atoms. The van der Waals surface area contributed by atoms with E-state index in [1.54, 1.807) is 11.3 Å². The van der Waals surface area contributed by atoms with E-state index < -0.39 is 0 Å². The predicted molar refractivity (Wildman–Crippen MR) is 81.5 cm³/mol. The van der Waals surface area contributed by atoms with Crippen molar-refractivity contribution in [3.8, 4) is 12.3 Å². The molecule has 0 unspecified atom stereocenters. The summed E-state index contributed by atoms with van der Waals surface area (Å²) in [5, 5.41) is 3.63. The molecule has 0 atom stereocenters. The highest BCUT2D eigenvalue weighted by Gasteiger charge is 2.18. The second kappa shape index (κ2) is 5.60. The normalized spacial score (nSPS) is 17.4. The molecule has 1 aliphatic heterocycles. The van der Waals surface area contributed by atoms with Crippen molar-refractivity contribution < 1.29 is 0 Å². The third kappa shape index (κ3) is 2.89. The summed E-state index contributed by atoms with van der Waals surface area (Å²) in [5.41, 5.74) is 4.18. The molecule has 1 N–H and O–H groups in total. The minimum atomic E-state index is 0.555. The van der Waals surface area contributed by atoms with E-state index in [-0.39, 0.29) is 0 Å². The zero-order valence-corrected chi connectivity index (χ0v) is 11.6. The number of nitrogens with one attached hydrogen (secondary N) is 1. The third-order valence-corrected chi connectivity index (χ3v) is 4.40. The van der Waals surface area contributed by atoms with Crippen LogP contribution in [0, 0.1) is 12.3 Å². The molecule has 19 heavy (non-hydrogen) atoms. The monoisotopic (exact) mass is 271 g/mol. The maximum absolute atomic E-state index is 5.35. The second-order valence-corrected chi connectivity index (χ2v) is 5.82. The first-order valence-electron chi connectivity index (χ1n) is 6.61. The average molecular weight is 271 g/mol. The van der Waals surface area contributed by atoms with Gasteiger partial charge in [0.1, 0.15) is 0 Å². The number of piperidine rings is 1. The quantitative estimate of drug-likeness (QED) is 0.870. The first kappa shape index (κ1) is 12.5. The van der Waals surface area contributed by atoms with Crippen molar-refractivity contribution in [2.45, 2.75) is 18.9 Å². The van der Waals surface area contributed by atoms with E-state index >= 15 is 0 Å². The van der Waals surface area contributed by atoms with Crippen LogP contribution in [0.2, 0.25) is 0 Å². The van der Waals surface area contributed by atoms with Gasteiger partial charge >= 0.3 is 0 Å². The van der Waals surface area contributed by atoms with Gasteiger partial charge < -0.3 is 5.32 Å². The smallest absolute Gasteiger partial charge is 0.0813 e. The fourth-order valence-electron chi connectivity index (χ4n) is 2.55. The van der Waals surface area contributed by atoms with Gasteiger partial charge in [0.05, 0.1) is 22.3 Å². The van der Waals surface area contributed by atoms with Gasteiger partial charge in [-0.2, -0.15) is 0 Å². The summed E-state index contributed by atoms with van der Waals surface area (Å²) < 4.78 is 1.25. The van der Waals surface area contributed by atoms with Crippen LogP contribution >= 0.6 is 11.3 Å². The van der Waals surface area contributed by atoms with Crippen molar-refractivity contribution in [2.24, 2.45) is 0 Å². The molecule has 0 aliphatic carbocycles. The molecule has 0 radical (unpaired) electrons. The third-order valence-electron chi connectivity index (χ3n) is 3.60. The molecule has 0 spiro atoms. The number of anilines is 1. The molecule has 1 fully saturated rings. The Balaban J connectivity index is 1.61. The fraction of sp³-hybridized carbons (Fsp3) is 0.400. The number of aromatic nitrogens is 1. The van der Waals surface area contributed by atoms with Crippen LogP contribution < -0.4 is 5.32 Å². The van der Waals surface area contributed by atoms with Gasteiger partial charge in [-0.05, 0) is 31.0 Å². The standard InChI is InChI=1S/C15H17N3S/c1-2-7-18-8-5-12(6-9-18)17-13-3-4-14-15(10-13)19-11-16-14/h1,3-4,10-12,17H,5-9H2. The van der Waals surface area contributed by atoms with Crippen LogP contribution in [0.15, 0.2) is 23.7 Å². The lowest BCUT2D eigenvalue weighted by Crippen LogP contribution is -2.39. The number of nitrogens with zero attached hydrogens (tertiary/aromatic N) is 2. The minimum Gasteiger partial charge on any atom is -0.382 e. The number of likely N-dealkylation sites (tertiary alicyclic amines) is 1. The van der Waals surface area contributed by atoms with Gasteiger partial charge in [0.15, 0.2) is 0 Å². The molecule has 1 saturated heterocycles. The van der Waals surface area contributed by atoms with Gasteiger partial charge in [0.25, 0.3) is 0 Å². The maximum Gasteiger partial charge on any atom is 0.0813 e. The number of rotatable bonds is 3. The highest BCUT2D eigenvalue weighted by atomic mass is 32.1. The van der Waals surface area contributed by atoms with E-state index in [0.29, 0.717) is 6.04 Å². The highest BCUT2D eigenvalue weighted by Crippen LogP contribution is 2.23. The molecule has 2 heterocycles. The Kier molecular flexibility index (Phi) is 3.67. The summed E-state index contributed by atoms with van der Waals surface area (Å²) in [7, 11) is 0. The number of fused-ring (bicyclic) bond motifs is 1. The predicted octanol–water partition coefficient (Wildman–Crippen LogP) is 2.81. The number of benzene rings is 1. The summed E-state index contributed by atoms with van der Waals surface area (Å²) in [5.74, 6) is 2.72. The van der Waals surface area contributed by atoms with Gasteiger partial charge in [-0.1, -0.05) is 5.92 Å². The van der Waals surface area contributed by atoms with E-state index in [1.807, 2.05) is 5.51 Å². The number of thiazole rings is 1. The number of terminal acetylenes is 1. The van der Waals surface area contributed by atoms with Crippen molar-refractivity contribution >= 4 is 27.2 Å². The summed E-state index contributed by atoms with van der Waals surface area (Å²) in [4.78, 5) is 6.64. The van der Waals surface area contributed by atoms with Crippen LogP contribution in [-0.2, 0) is 0 Å².